The second-order valence-electron chi connectivity index (χ2n) is 9.10. The van der Waals surface area contributed by atoms with Crippen molar-refractivity contribution in [3.05, 3.63) is 81.4 Å². The lowest BCUT2D eigenvalue weighted by atomic mass is 9.62. The molecule has 0 spiro atoms. The lowest BCUT2D eigenvalue weighted by molar-refractivity contribution is 0.275. The molecule has 2 aliphatic carbocycles. The molecule has 0 saturated carbocycles. The van der Waals surface area contributed by atoms with Crippen LogP contribution in [0.3, 0.4) is 0 Å². The van der Waals surface area contributed by atoms with Gasteiger partial charge in [0.05, 0.1) is 0 Å². The smallest absolute Gasteiger partial charge is 0.0115 e. The van der Waals surface area contributed by atoms with Crippen molar-refractivity contribution < 1.29 is 0 Å². The minimum atomic E-state index is 0.134. The van der Waals surface area contributed by atoms with Crippen LogP contribution >= 0.6 is 0 Å². The molecule has 134 valence electrons. The second kappa shape index (κ2) is 5.98. The Labute approximate surface area is 158 Å². The van der Waals surface area contributed by atoms with E-state index < -0.39 is 0 Å². The zero-order valence-corrected chi connectivity index (χ0v) is 16.9. The summed E-state index contributed by atoms with van der Waals surface area (Å²) in [5.74, 6) is 1.50. The number of fused-ring (bicyclic) bond motifs is 2. The molecule has 0 radical (unpaired) electrons. The highest BCUT2D eigenvalue weighted by atomic mass is 14.5. The summed E-state index contributed by atoms with van der Waals surface area (Å²) in [6, 6.07) is 15.9. The molecular formula is C26H30. The fourth-order valence-electron chi connectivity index (χ4n) is 5.70. The summed E-state index contributed by atoms with van der Waals surface area (Å²) in [6.45, 7) is 14.2. The van der Waals surface area contributed by atoms with E-state index in [0.29, 0.717) is 17.8 Å². The minimum Gasteiger partial charge on any atom is -0.0646 e. The van der Waals surface area contributed by atoms with Gasteiger partial charge >= 0.3 is 0 Å². The Hall–Kier alpha value is -2.08. The minimum absolute atomic E-state index is 0.134. The fourth-order valence-corrected chi connectivity index (χ4v) is 5.70. The average molecular weight is 343 g/mol. The van der Waals surface area contributed by atoms with E-state index in [-0.39, 0.29) is 5.41 Å². The van der Waals surface area contributed by atoms with Gasteiger partial charge in [0.2, 0.25) is 0 Å². The third-order valence-corrected chi connectivity index (χ3v) is 6.57. The number of allylic oxidation sites excluding steroid dienone is 2. The summed E-state index contributed by atoms with van der Waals surface area (Å²) >= 11 is 0. The van der Waals surface area contributed by atoms with Gasteiger partial charge in [-0.25, -0.2) is 0 Å². The zero-order chi connectivity index (χ0) is 18.6. The second-order valence-corrected chi connectivity index (χ2v) is 9.10. The molecule has 0 aromatic heterocycles. The van der Waals surface area contributed by atoms with Gasteiger partial charge in [-0.3, -0.25) is 0 Å². The van der Waals surface area contributed by atoms with Gasteiger partial charge in [-0.05, 0) is 53.0 Å². The van der Waals surface area contributed by atoms with Crippen molar-refractivity contribution in [2.75, 3.05) is 0 Å². The maximum atomic E-state index is 2.47. The Morgan fingerprint density at radius 3 is 2.12 bits per heavy atom. The van der Waals surface area contributed by atoms with E-state index in [4.69, 9.17) is 0 Å². The fraction of sp³-hybridized carbons (Fsp3) is 0.385. The van der Waals surface area contributed by atoms with Crippen LogP contribution in [-0.4, -0.2) is 0 Å². The largest absolute Gasteiger partial charge is 0.0646 e. The maximum Gasteiger partial charge on any atom is 0.0115 e. The van der Waals surface area contributed by atoms with Crippen LogP contribution in [0.1, 0.15) is 87.1 Å². The predicted octanol–water partition coefficient (Wildman–Crippen LogP) is 7.54. The third kappa shape index (κ3) is 2.42. The molecule has 0 aliphatic heterocycles. The zero-order valence-electron chi connectivity index (χ0n) is 16.9. The number of benzene rings is 2. The van der Waals surface area contributed by atoms with Gasteiger partial charge in [-0.15, -0.1) is 0 Å². The molecule has 26 heavy (non-hydrogen) atoms. The topological polar surface area (TPSA) is 0 Å². The van der Waals surface area contributed by atoms with Crippen LogP contribution < -0.4 is 0 Å². The molecule has 2 aromatic rings. The molecule has 0 amide bonds. The molecule has 2 atom stereocenters. The summed E-state index contributed by atoms with van der Waals surface area (Å²) in [5.41, 5.74) is 10.5. The van der Waals surface area contributed by atoms with E-state index in [0.717, 1.165) is 0 Å². The van der Waals surface area contributed by atoms with Crippen LogP contribution in [0.2, 0.25) is 0 Å². The molecule has 0 heterocycles. The molecule has 2 aromatic carbocycles. The van der Waals surface area contributed by atoms with E-state index in [1.807, 2.05) is 0 Å². The molecule has 0 bridgehead atoms. The van der Waals surface area contributed by atoms with Gasteiger partial charge in [0.25, 0.3) is 0 Å². The van der Waals surface area contributed by atoms with E-state index in [1.165, 1.54) is 39.0 Å². The highest BCUT2D eigenvalue weighted by Crippen LogP contribution is 2.58. The van der Waals surface area contributed by atoms with Crippen LogP contribution in [0.5, 0.6) is 0 Å². The van der Waals surface area contributed by atoms with Crippen molar-refractivity contribution >= 4 is 12.2 Å². The summed E-state index contributed by atoms with van der Waals surface area (Å²) in [4.78, 5) is 0. The standard InChI is InChI=1S/C26H30/c1-16(2)20-12-9-13-22-23(20)15-18(4)25(22)26(5,6)24-17(3)14-19-10-7-8-11-21(19)24/h7-16,24-25H,1-6H3. The average Bonchev–Trinajstić information content (AvgIpc) is 3.09. The van der Waals surface area contributed by atoms with Gasteiger partial charge in [0.15, 0.2) is 0 Å². The number of rotatable bonds is 3. The summed E-state index contributed by atoms with van der Waals surface area (Å²) in [7, 11) is 0. The van der Waals surface area contributed by atoms with E-state index >= 15 is 0 Å². The summed E-state index contributed by atoms with van der Waals surface area (Å²) < 4.78 is 0. The molecular weight excluding hydrogens is 312 g/mol. The van der Waals surface area contributed by atoms with E-state index in [9.17, 15) is 0 Å². The van der Waals surface area contributed by atoms with Gasteiger partial charge in [0.1, 0.15) is 0 Å². The lowest BCUT2D eigenvalue weighted by Crippen LogP contribution is -2.29. The Morgan fingerprint density at radius 2 is 1.38 bits per heavy atom. The van der Waals surface area contributed by atoms with Crippen LogP contribution in [0, 0.1) is 5.41 Å². The first-order chi connectivity index (χ1) is 12.3. The molecule has 0 saturated heterocycles. The first kappa shape index (κ1) is 17.3. The summed E-state index contributed by atoms with van der Waals surface area (Å²) in [5, 5.41) is 0. The Morgan fingerprint density at radius 1 is 0.769 bits per heavy atom. The summed E-state index contributed by atoms with van der Waals surface area (Å²) in [6.07, 6.45) is 4.85. The van der Waals surface area contributed by atoms with Crippen molar-refractivity contribution in [2.24, 2.45) is 5.41 Å². The first-order valence-corrected chi connectivity index (χ1v) is 9.90. The number of hydrogen-bond acceptors (Lipinski definition) is 0. The van der Waals surface area contributed by atoms with Crippen LogP contribution in [0.25, 0.3) is 12.2 Å². The molecule has 0 nitrogen and oxygen atoms in total. The quantitative estimate of drug-likeness (QED) is 0.540. The van der Waals surface area contributed by atoms with Crippen molar-refractivity contribution in [3.8, 4) is 0 Å². The maximum absolute atomic E-state index is 2.47. The Bertz CT molecular complexity index is 921. The Balaban J connectivity index is 1.84. The van der Waals surface area contributed by atoms with Crippen molar-refractivity contribution in [1.82, 2.24) is 0 Å². The van der Waals surface area contributed by atoms with Crippen LogP contribution in [-0.2, 0) is 0 Å². The SMILES string of the molecule is CC1=Cc2ccccc2C1C(C)(C)C1C(C)=Cc2c(C(C)C)cccc21. The lowest BCUT2D eigenvalue weighted by Gasteiger charge is -2.41. The monoisotopic (exact) mass is 342 g/mol. The normalized spacial score (nSPS) is 21.5. The molecule has 2 unspecified atom stereocenters. The van der Waals surface area contributed by atoms with Gasteiger partial charge in [0, 0.05) is 11.8 Å². The van der Waals surface area contributed by atoms with Crippen molar-refractivity contribution in [2.45, 2.75) is 59.3 Å². The van der Waals surface area contributed by atoms with Crippen LogP contribution in [0.4, 0.5) is 0 Å². The van der Waals surface area contributed by atoms with Gasteiger partial charge < -0.3 is 0 Å². The van der Waals surface area contributed by atoms with Crippen molar-refractivity contribution in [3.63, 3.8) is 0 Å². The van der Waals surface area contributed by atoms with Crippen LogP contribution in [0.15, 0.2) is 53.6 Å². The molecule has 4 rings (SSSR count). The van der Waals surface area contributed by atoms with Crippen molar-refractivity contribution in [1.29, 1.82) is 0 Å². The number of hydrogen-bond donors (Lipinski definition) is 0. The first-order valence-electron chi connectivity index (χ1n) is 9.90. The van der Waals surface area contributed by atoms with E-state index in [1.54, 1.807) is 0 Å². The molecule has 2 aliphatic rings. The predicted molar refractivity (Wildman–Crippen MR) is 114 cm³/mol. The Kier molecular flexibility index (Phi) is 3.99. The molecule has 0 heteroatoms. The van der Waals surface area contributed by atoms with Gasteiger partial charge in [-0.1, -0.05) is 93.5 Å². The van der Waals surface area contributed by atoms with E-state index in [2.05, 4.69) is 96.2 Å². The highest BCUT2D eigenvalue weighted by molar-refractivity contribution is 5.72. The third-order valence-electron chi connectivity index (χ3n) is 6.57. The molecule has 0 N–H and O–H groups in total. The van der Waals surface area contributed by atoms with Gasteiger partial charge in [-0.2, -0.15) is 0 Å². The highest BCUT2D eigenvalue weighted by Gasteiger charge is 2.45. The molecule has 0 fully saturated rings.